The van der Waals surface area contributed by atoms with E-state index in [0.717, 1.165) is 25.7 Å². The molecule has 1 aromatic carbocycles. The number of nitrogens with zero attached hydrogens (tertiary/aromatic N) is 1. The van der Waals surface area contributed by atoms with Crippen LogP contribution in [0.4, 0.5) is 4.39 Å². The van der Waals surface area contributed by atoms with Crippen LogP contribution in [-0.4, -0.2) is 37.1 Å². The van der Waals surface area contributed by atoms with Gasteiger partial charge in [-0.05, 0) is 30.5 Å². The molecule has 1 heterocycles. The zero-order chi connectivity index (χ0) is 19.4. The van der Waals surface area contributed by atoms with Gasteiger partial charge in [-0.2, -0.15) is 0 Å². The standard InChI is InChI=1S/C21H24FNO4/c1-26-20(24)17-12-23(16-9-4-3-5-10-16)13-18(21(25)27-2)19(17)14-7-6-8-15(22)11-14/h6-8,11-13,16,19H,3-5,9-10H2,1-2H3. The maximum absolute atomic E-state index is 13.8. The zero-order valence-electron chi connectivity index (χ0n) is 15.6. The number of rotatable bonds is 4. The van der Waals surface area contributed by atoms with Gasteiger partial charge >= 0.3 is 11.9 Å². The highest BCUT2D eigenvalue weighted by molar-refractivity contribution is 5.98. The molecule has 1 aromatic rings. The summed E-state index contributed by atoms with van der Waals surface area (Å²) in [5, 5.41) is 0. The van der Waals surface area contributed by atoms with E-state index in [1.165, 1.54) is 32.8 Å². The fourth-order valence-electron chi connectivity index (χ4n) is 3.89. The molecule has 3 rings (SSSR count). The maximum Gasteiger partial charge on any atom is 0.336 e. The highest BCUT2D eigenvalue weighted by Crippen LogP contribution is 2.39. The lowest BCUT2D eigenvalue weighted by Crippen LogP contribution is -2.35. The van der Waals surface area contributed by atoms with Gasteiger partial charge in [-0.3, -0.25) is 0 Å². The molecule has 0 radical (unpaired) electrons. The fourth-order valence-corrected chi connectivity index (χ4v) is 3.89. The summed E-state index contributed by atoms with van der Waals surface area (Å²) < 4.78 is 23.8. The topological polar surface area (TPSA) is 55.8 Å². The molecule has 144 valence electrons. The molecule has 0 N–H and O–H groups in total. The normalized spacial score (nSPS) is 18.6. The van der Waals surface area contributed by atoms with Crippen LogP contribution in [0, 0.1) is 5.82 Å². The number of carbonyl (C=O) groups is 2. The minimum absolute atomic E-state index is 0.214. The number of carbonyl (C=O) groups excluding carboxylic acids is 2. The van der Waals surface area contributed by atoms with Crippen LogP contribution in [0.2, 0.25) is 0 Å². The van der Waals surface area contributed by atoms with Gasteiger partial charge in [-0.25, -0.2) is 14.0 Å². The van der Waals surface area contributed by atoms with Gasteiger partial charge in [0.1, 0.15) is 5.82 Å². The highest BCUT2D eigenvalue weighted by atomic mass is 19.1. The lowest BCUT2D eigenvalue weighted by molar-refractivity contribution is -0.137. The summed E-state index contributed by atoms with van der Waals surface area (Å²) in [7, 11) is 2.60. The summed E-state index contributed by atoms with van der Waals surface area (Å²) in [6, 6.07) is 6.11. The smallest absolute Gasteiger partial charge is 0.336 e. The first kappa shape index (κ1) is 19.1. The molecule has 1 saturated carbocycles. The van der Waals surface area contributed by atoms with E-state index in [4.69, 9.17) is 9.47 Å². The lowest BCUT2D eigenvalue weighted by atomic mass is 9.82. The molecule has 0 spiro atoms. The van der Waals surface area contributed by atoms with Crippen molar-refractivity contribution < 1.29 is 23.5 Å². The van der Waals surface area contributed by atoms with Crippen molar-refractivity contribution in [2.75, 3.05) is 14.2 Å². The molecule has 1 fully saturated rings. The molecule has 1 aliphatic heterocycles. The summed E-state index contributed by atoms with van der Waals surface area (Å²) >= 11 is 0. The molecule has 2 aliphatic rings. The molecule has 6 heteroatoms. The van der Waals surface area contributed by atoms with Gasteiger partial charge in [-0.15, -0.1) is 0 Å². The number of halogens is 1. The Hall–Kier alpha value is -2.63. The summed E-state index contributed by atoms with van der Waals surface area (Å²) in [6.07, 6.45) is 8.86. The monoisotopic (exact) mass is 373 g/mol. The first-order chi connectivity index (χ1) is 13.0. The predicted octanol–water partition coefficient (Wildman–Crippen LogP) is 3.67. The lowest BCUT2D eigenvalue weighted by Gasteiger charge is -2.36. The van der Waals surface area contributed by atoms with E-state index in [-0.39, 0.29) is 6.04 Å². The number of hydrogen-bond donors (Lipinski definition) is 0. The first-order valence-electron chi connectivity index (χ1n) is 9.18. The Bertz CT molecular complexity index is 746. The second-order valence-corrected chi connectivity index (χ2v) is 6.88. The van der Waals surface area contributed by atoms with Crippen molar-refractivity contribution in [2.45, 2.75) is 44.1 Å². The quantitative estimate of drug-likeness (QED) is 0.754. The molecule has 0 amide bonds. The Morgan fingerprint density at radius 3 is 2.11 bits per heavy atom. The van der Waals surface area contributed by atoms with Gasteiger partial charge in [-0.1, -0.05) is 31.4 Å². The van der Waals surface area contributed by atoms with Gasteiger partial charge < -0.3 is 14.4 Å². The maximum atomic E-state index is 13.8. The number of benzene rings is 1. The molecule has 0 bridgehead atoms. The molecule has 0 aromatic heterocycles. The molecule has 0 saturated heterocycles. The van der Waals surface area contributed by atoms with Crippen LogP contribution in [0.25, 0.3) is 0 Å². The molecule has 5 nitrogen and oxygen atoms in total. The fraction of sp³-hybridized carbons (Fsp3) is 0.429. The Kier molecular flexibility index (Phi) is 5.94. The second-order valence-electron chi connectivity index (χ2n) is 6.88. The SMILES string of the molecule is COC(=O)C1=CN(C2CCCCC2)C=C(C(=O)OC)C1c1cccc(F)c1. The van der Waals surface area contributed by atoms with E-state index in [1.807, 2.05) is 4.90 Å². The first-order valence-corrected chi connectivity index (χ1v) is 9.18. The average molecular weight is 373 g/mol. The van der Waals surface area contributed by atoms with Crippen LogP contribution in [0.3, 0.4) is 0 Å². The van der Waals surface area contributed by atoms with Crippen molar-refractivity contribution in [3.8, 4) is 0 Å². The van der Waals surface area contributed by atoms with E-state index in [0.29, 0.717) is 16.7 Å². The van der Waals surface area contributed by atoms with Gasteiger partial charge in [0.2, 0.25) is 0 Å². The van der Waals surface area contributed by atoms with Crippen molar-refractivity contribution in [3.05, 3.63) is 59.2 Å². The third-order valence-electron chi connectivity index (χ3n) is 5.22. The minimum atomic E-state index is -0.736. The molecule has 0 unspecified atom stereocenters. The Balaban J connectivity index is 2.09. The van der Waals surface area contributed by atoms with Crippen LogP contribution < -0.4 is 0 Å². The average Bonchev–Trinajstić information content (AvgIpc) is 2.72. The van der Waals surface area contributed by atoms with Gasteiger partial charge in [0.05, 0.1) is 31.3 Å². The number of esters is 2. The Morgan fingerprint density at radius 1 is 1.00 bits per heavy atom. The van der Waals surface area contributed by atoms with E-state index < -0.39 is 23.7 Å². The van der Waals surface area contributed by atoms with Crippen LogP contribution in [0.1, 0.15) is 43.6 Å². The third-order valence-corrected chi connectivity index (χ3v) is 5.22. The third kappa shape index (κ3) is 4.04. The molecular weight excluding hydrogens is 349 g/mol. The largest absolute Gasteiger partial charge is 0.466 e. The van der Waals surface area contributed by atoms with E-state index >= 15 is 0 Å². The molecule has 1 aliphatic carbocycles. The minimum Gasteiger partial charge on any atom is -0.466 e. The van der Waals surface area contributed by atoms with Crippen LogP contribution in [0.5, 0.6) is 0 Å². The Labute approximate surface area is 158 Å². The molecule has 0 atom stereocenters. The number of ether oxygens (including phenoxy) is 2. The van der Waals surface area contributed by atoms with Crippen LogP contribution in [0.15, 0.2) is 47.8 Å². The molecular formula is C21H24FNO4. The van der Waals surface area contributed by atoms with Gasteiger partial charge in [0, 0.05) is 18.4 Å². The van der Waals surface area contributed by atoms with E-state index in [1.54, 1.807) is 24.5 Å². The van der Waals surface area contributed by atoms with Crippen molar-refractivity contribution >= 4 is 11.9 Å². The highest BCUT2D eigenvalue weighted by Gasteiger charge is 2.36. The van der Waals surface area contributed by atoms with Crippen LogP contribution in [-0.2, 0) is 19.1 Å². The predicted molar refractivity (Wildman–Crippen MR) is 98.1 cm³/mol. The Morgan fingerprint density at radius 2 is 1.59 bits per heavy atom. The summed E-state index contributed by atoms with van der Waals surface area (Å²) in [6.45, 7) is 0. The number of hydrogen-bond acceptors (Lipinski definition) is 5. The van der Waals surface area contributed by atoms with Crippen LogP contribution >= 0.6 is 0 Å². The second kappa shape index (κ2) is 8.37. The van der Waals surface area contributed by atoms with Crippen molar-refractivity contribution in [1.82, 2.24) is 4.90 Å². The van der Waals surface area contributed by atoms with Crippen molar-refractivity contribution in [1.29, 1.82) is 0 Å². The van der Waals surface area contributed by atoms with E-state index in [9.17, 15) is 14.0 Å². The summed E-state index contributed by atoms with van der Waals surface area (Å²) in [5.74, 6) is -2.25. The summed E-state index contributed by atoms with van der Waals surface area (Å²) in [4.78, 5) is 27.0. The number of methoxy groups -OCH3 is 2. The van der Waals surface area contributed by atoms with Gasteiger partial charge in [0.15, 0.2) is 0 Å². The van der Waals surface area contributed by atoms with Crippen molar-refractivity contribution in [3.63, 3.8) is 0 Å². The molecule has 27 heavy (non-hydrogen) atoms. The van der Waals surface area contributed by atoms with Crippen molar-refractivity contribution in [2.24, 2.45) is 0 Å². The summed E-state index contributed by atoms with van der Waals surface area (Å²) in [5.41, 5.74) is 1.11. The van der Waals surface area contributed by atoms with E-state index in [2.05, 4.69) is 0 Å². The zero-order valence-corrected chi connectivity index (χ0v) is 15.6. The van der Waals surface area contributed by atoms with Gasteiger partial charge in [0.25, 0.3) is 0 Å².